The fourth-order valence-electron chi connectivity index (χ4n) is 1.48. The van der Waals surface area contributed by atoms with Gasteiger partial charge in [0.25, 0.3) is 0 Å². The number of hydrogen-bond donors (Lipinski definition) is 1. The van der Waals surface area contributed by atoms with Crippen LogP contribution in [0.1, 0.15) is 5.56 Å². The summed E-state index contributed by atoms with van der Waals surface area (Å²) in [7, 11) is 0. The first-order valence-corrected chi connectivity index (χ1v) is 4.19. The van der Waals surface area contributed by atoms with E-state index < -0.39 is 5.54 Å². The average molecular weight is 177 g/mol. The number of hydrogen-bond acceptors (Lipinski definition) is 3. The zero-order chi connectivity index (χ0) is 9.31. The molecule has 1 atom stereocenters. The highest BCUT2D eigenvalue weighted by Crippen LogP contribution is 2.26. The van der Waals surface area contributed by atoms with Crippen molar-refractivity contribution in [3.63, 3.8) is 0 Å². The van der Waals surface area contributed by atoms with Crippen molar-refractivity contribution in [2.24, 2.45) is 5.73 Å². The molecule has 0 aliphatic carbocycles. The van der Waals surface area contributed by atoms with Crippen LogP contribution >= 0.6 is 0 Å². The Morgan fingerprint density at radius 2 is 2.23 bits per heavy atom. The van der Waals surface area contributed by atoms with Gasteiger partial charge >= 0.3 is 0 Å². The highest BCUT2D eigenvalue weighted by atomic mass is 16.5. The van der Waals surface area contributed by atoms with Crippen LogP contribution in [0.4, 0.5) is 0 Å². The van der Waals surface area contributed by atoms with Gasteiger partial charge in [0.05, 0.1) is 0 Å². The molecule has 0 spiro atoms. The molecule has 2 N–H and O–H groups in total. The Morgan fingerprint density at radius 3 is 3.00 bits per heavy atom. The fraction of sp³-hybridized carbons (Fsp3) is 0.300. The molecule has 0 saturated heterocycles. The summed E-state index contributed by atoms with van der Waals surface area (Å²) in [4.78, 5) is 10.7. The number of carbonyl (C=O) groups excluding carboxylic acids is 1. The Kier molecular flexibility index (Phi) is 1.81. The van der Waals surface area contributed by atoms with E-state index in [2.05, 4.69) is 0 Å². The van der Waals surface area contributed by atoms with Crippen LogP contribution in [0.5, 0.6) is 5.75 Å². The molecule has 13 heavy (non-hydrogen) atoms. The lowest BCUT2D eigenvalue weighted by Crippen LogP contribution is -2.51. The Balaban J connectivity index is 2.34. The maximum atomic E-state index is 10.7. The average Bonchev–Trinajstić information content (AvgIpc) is 2.18. The Labute approximate surface area is 76.5 Å². The molecule has 1 aliphatic heterocycles. The van der Waals surface area contributed by atoms with Gasteiger partial charge in [0.2, 0.25) is 0 Å². The number of rotatable bonds is 1. The van der Waals surface area contributed by atoms with Crippen molar-refractivity contribution in [1.29, 1.82) is 0 Å². The summed E-state index contributed by atoms with van der Waals surface area (Å²) in [6.07, 6.45) is 1.33. The lowest BCUT2D eigenvalue weighted by Gasteiger charge is -2.29. The van der Waals surface area contributed by atoms with Gasteiger partial charge in [-0.3, -0.25) is 0 Å². The number of para-hydroxylation sites is 1. The summed E-state index contributed by atoms with van der Waals surface area (Å²) in [6, 6.07) is 7.64. The molecule has 1 unspecified atom stereocenters. The van der Waals surface area contributed by atoms with Crippen LogP contribution in [0.2, 0.25) is 0 Å². The topological polar surface area (TPSA) is 52.3 Å². The molecule has 0 saturated carbocycles. The van der Waals surface area contributed by atoms with Crippen molar-refractivity contribution < 1.29 is 9.53 Å². The van der Waals surface area contributed by atoms with Gasteiger partial charge in [-0.25, -0.2) is 0 Å². The van der Waals surface area contributed by atoms with Gasteiger partial charge in [0, 0.05) is 6.42 Å². The van der Waals surface area contributed by atoms with Crippen LogP contribution < -0.4 is 10.5 Å². The predicted molar refractivity (Wildman–Crippen MR) is 48.6 cm³/mol. The first-order chi connectivity index (χ1) is 6.23. The van der Waals surface area contributed by atoms with Crippen LogP contribution in [-0.4, -0.2) is 18.4 Å². The minimum Gasteiger partial charge on any atom is -0.491 e. The van der Waals surface area contributed by atoms with Gasteiger partial charge in [-0.2, -0.15) is 0 Å². The SMILES string of the molecule is NC1(C=O)COc2ccccc2C1. The molecule has 0 aromatic heterocycles. The summed E-state index contributed by atoms with van der Waals surface area (Å²) in [5.74, 6) is 0.838. The minimum atomic E-state index is -0.839. The van der Waals surface area contributed by atoms with Crippen molar-refractivity contribution in [3.8, 4) is 5.75 Å². The van der Waals surface area contributed by atoms with Crippen molar-refractivity contribution >= 4 is 6.29 Å². The second-order valence-electron chi connectivity index (χ2n) is 3.42. The van der Waals surface area contributed by atoms with E-state index in [0.29, 0.717) is 6.42 Å². The van der Waals surface area contributed by atoms with Gasteiger partial charge in [0.1, 0.15) is 24.2 Å². The maximum Gasteiger partial charge on any atom is 0.143 e. The first-order valence-electron chi connectivity index (χ1n) is 4.19. The molecule has 1 aliphatic rings. The Hall–Kier alpha value is -1.35. The summed E-state index contributed by atoms with van der Waals surface area (Å²) in [5.41, 5.74) is 5.94. The van der Waals surface area contributed by atoms with Crippen molar-refractivity contribution in [3.05, 3.63) is 29.8 Å². The molecule has 68 valence electrons. The van der Waals surface area contributed by atoms with E-state index in [1.54, 1.807) is 0 Å². The molecule has 0 bridgehead atoms. The van der Waals surface area contributed by atoms with E-state index >= 15 is 0 Å². The van der Waals surface area contributed by atoms with Crippen LogP contribution in [-0.2, 0) is 11.2 Å². The molecule has 0 amide bonds. The van der Waals surface area contributed by atoms with E-state index in [0.717, 1.165) is 17.6 Å². The van der Waals surface area contributed by atoms with Gasteiger partial charge < -0.3 is 15.3 Å². The van der Waals surface area contributed by atoms with Crippen molar-refractivity contribution in [2.75, 3.05) is 6.61 Å². The van der Waals surface area contributed by atoms with E-state index in [4.69, 9.17) is 10.5 Å². The second kappa shape index (κ2) is 2.85. The van der Waals surface area contributed by atoms with E-state index in [-0.39, 0.29) is 6.61 Å². The summed E-state index contributed by atoms with van der Waals surface area (Å²) < 4.78 is 5.37. The summed E-state index contributed by atoms with van der Waals surface area (Å²) in [6.45, 7) is 0.271. The van der Waals surface area contributed by atoms with Crippen molar-refractivity contribution in [2.45, 2.75) is 12.0 Å². The highest BCUT2D eigenvalue weighted by molar-refractivity contribution is 5.66. The number of aldehydes is 1. The third kappa shape index (κ3) is 1.42. The normalized spacial score (nSPS) is 25.9. The lowest BCUT2D eigenvalue weighted by atomic mass is 9.91. The molecule has 1 aromatic carbocycles. The molecule has 0 fully saturated rings. The van der Waals surface area contributed by atoms with Gasteiger partial charge in [-0.15, -0.1) is 0 Å². The first kappa shape index (κ1) is 8.26. The van der Waals surface area contributed by atoms with E-state index in [1.807, 2.05) is 24.3 Å². The predicted octanol–water partition coefficient (Wildman–Crippen LogP) is 0.518. The van der Waals surface area contributed by atoms with Crippen LogP contribution in [0, 0.1) is 0 Å². The van der Waals surface area contributed by atoms with Gasteiger partial charge in [-0.05, 0) is 11.6 Å². The zero-order valence-corrected chi connectivity index (χ0v) is 7.19. The Bertz CT molecular complexity index is 337. The smallest absolute Gasteiger partial charge is 0.143 e. The van der Waals surface area contributed by atoms with Gasteiger partial charge in [-0.1, -0.05) is 18.2 Å². The highest BCUT2D eigenvalue weighted by Gasteiger charge is 2.31. The molecule has 0 radical (unpaired) electrons. The van der Waals surface area contributed by atoms with Crippen LogP contribution in [0.3, 0.4) is 0 Å². The van der Waals surface area contributed by atoms with E-state index in [9.17, 15) is 4.79 Å². The summed E-state index contributed by atoms with van der Waals surface area (Å²) >= 11 is 0. The number of ether oxygens (including phenoxy) is 1. The molecule has 3 heteroatoms. The molecule has 1 aromatic rings. The number of carbonyl (C=O) groups is 1. The largest absolute Gasteiger partial charge is 0.491 e. The zero-order valence-electron chi connectivity index (χ0n) is 7.19. The molecule has 3 nitrogen and oxygen atoms in total. The lowest BCUT2D eigenvalue weighted by molar-refractivity contribution is -0.113. The molecule has 2 rings (SSSR count). The fourth-order valence-corrected chi connectivity index (χ4v) is 1.48. The standard InChI is InChI=1S/C10H11NO2/c11-10(6-12)5-8-3-1-2-4-9(8)13-7-10/h1-4,6H,5,7,11H2. The quantitative estimate of drug-likeness (QED) is 0.636. The second-order valence-corrected chi connectivity index (χ2v) is 3.42. The molecule has 1 heterocycles. The molecular weight excluding hydrogens is 166 g/mol. The third-order valence-electron chi connectivity index (χ3n) is 2.22. The number of fused-ring (bicyclic) bond motifs is 1. The molecular formula is C10H11NO2. The maximum absolute atomic E-state index is 10.7. The van der Waals surface area contributed by atoms with Crippen LogP contribution in [0.15, 0.2) is 24.3 Å². The number of benzene rings is 1. The van der Waals surface area contributed by atoms with Gasteiger partial charge in [0.15, 0.2) is 0 Å². The van der Waals surface area contributed by atoms with Crippen molar-refractivity contribution in [1.82, 2.24) is 0 Å². The Morgan fingerprint density at radius 1 is 1.46 bits per heavy atom. The summed E-state index contributed by atoms with van der Waals surface area (Å²) in [5, 5.41) is 0. The van der Waals surface area contributed by atoms with E-state index in [1.165, 1.54) is 0 Å². The number of nitrogens with two attached hydrogens (primary N) is 1. The third-order valence-corrected chi connectivity index (χ3v) is 2.22. The monoisotopic (exact) mass is 177 g/mol. The minimum absolute atomic E-state index is 0.271. The van der Waals surface area contributed by atoms with Crippen LogP contribution in [0.25, 0.3) is 0 Å².